The molecule has 3 N–H and O–H groups in total. The summed E-state index contributed by atoms with van der Waals surface area (Å²) in [6.07, 6.45) is 3.31. The van der Waals surface area contributed by atoms with E-state index in [0.29, 0.717) is 10.3 Å². The summed E-state index contributed by atoms with van der Waals surface area (Å²) in [4.78, 5) is 0. The molecule has 0 fully saturated rings. The van der Waals surface area contributed by atoms with Gasteiger partial charge in [-0.25, -0.2) is 0 Å². The van der Waals surface area contributed by atoms with Crippen molar-refractivity contribution in [3.05, 3.63) is 20.3 Å². The van der Waals surface area contributed by atoms with Crippen LogP contribution >= 0.6 is 34.5 Å². The fraction of sp³-hybridized carbons (Fsp3) is 0.636. The van der Waals surface area contributed by atoms with Gasteiger partial charge in [-0.3, -0.25) is 11.3 Å². The third-order valence-electron chi connectivity index (χ3n) is 2.98. The first-order valence-electron chi connectivity index (χ1n) is 5.53. The van der Waals surface area contributed by atoms with Crippen LogP contribution in [0.2, 0.25) is 8.67 Å². The Bertz CT molecular complexity index is 324. The summed E-state index contributed by atoms with van der Waals surface area (Å²) in [6.45, 7) is 4.40. The zero-order valence-corrected chi connectivity index (χ0v) is 11.9. The number of rotatable bonds is 6. The normalized spacial score (nSPS) is 13.4. The predicted molar refractivity (Wildman–Crippen MR) is 73.1 cm³/mol. The molecule has 0 radical (unpaired) electrons. The van der Waals surface area contributed by atoms with Gasteiger partial charge in [0, 0.05) is 11.6 Å². The van der Waals surface area contributed by atoms with Gasteiger partial charge in [0.05, 0.1) is 8.67 Å². The molecule has 0 saturated carbocycles. The Labute approximate surface area is 111 Å². The van der Waals surface area contributed by atoms with E-state index in [1.165, 1.54) is 11.3 Å². The third-order valence-corrected chi connectivity index (χ3v) is 4.50. The summed E-state index contributed by atoms with van der Waals surface area (Å²) in [5.41, 5.74) is 3.85. The van der Waals surface area contributed by atoms with Crippen LogP contribution in [0.25, 0.3) is 0 Å². The van der Waals surface area contributed by atoms with Crippen LogP contribution in [0.1, 0.15) is 44.7 Å². The Morgan fingerprint density at radius 3 is 2.38 bits per heavy atom. The van der Waals surface area contributed by atoms with Crippen molar-refractivity contribution in [2.24, 2.45) is 11.8 Å². The lowest BCUT2D eigenvalue weighted by molar-refractivity contribution is 0.375. The first-order valence-corrected chi connectivity index (χ1v) is 7.10. The molecule has 1 heterocycles. The molecule has 1 unspecified atom stereocenters. The number of thiophene rings is 1. The third kappa shape index (κ3) is 3.60. The lowest BCUT2D eigenvalue weighted by Crippen LogP contribution is -2.29. The van der Waals surface area contributed by atoms with E-state index in [4.69, 9.17) is 29.0 Å². The van der Waals surface area contributed by atoms with E-state index >= 15 is 0 Å². The van der Waals surface area contributed by atoms with Crippen LogP contribution in [0, 0.1) is 5.92 Å². The molecule has 2 nitrogen and oxygen atoms in total. The highest BCUT2D eigenvalue weighted by atomic mass is 35.5. The molecule has 0 spiro atoms. The summed E-state index contributed by atoms with van der Waals surface area (Å²) in [6, 6.07) is 2.00. The minimum atomic E-state index is 0.0983. The van der Waals surface area contributed by atoms with Gasteiger partial charge in [0.2, 0.25) is 0 Å². The zero-order chi connectivity index (χ0) is 12.1. The molecule has 5 heteroatoms. The molecule has 1 aromatic rings. The highest BCUT2D eigenvalue weighted by molar-refractivity contribution is 7.20. The van der Waals surface area contributed by atoms with Crippen molar-refractivity contribution in [3.8, 4) is 0 Å². The topological polar surface area (TPSA) is 38.0 Å². The van der Waals surface area contributed by atoms with Crippen molar-refractivity contribution in [3.63, 3.8) is 0 Å². The minimum absolute atomic E-state index is 0.0983. The van der Waals surface area contributed by atoms with E-state index in [0.717, 1.165) is 29.2 Å². The maximum atomic E-state index is 6.13. The molecule has 0 amide bonds. The summed E-state index contributed by atoms with van der Waals surface area (Å²) in [7, 11) is 0. The maximum Gasteiger partial charge on any atom is 0.0992 e. The fourth-order valence-corrected chi connectivity index (χ4v) is 3.41. The Kier molecular flexibility index (Phi) is 6.08. The molecule has 1 atom stereocenters. The smallest absolute Gasteiger partial charge is 0.0992 e. The number of hydrogen-bond donors (Lipinski definition) is 2. The molecule has 0 aliphatic carbocycles. The van der Waals surface area contributed by atoms with E-state index in [1.807, 2.05) is 6.07 Å². The molecular weight excluding hydrogens is 263 g/mol. The molecule has 0 aliphatic rings. The minimum Gasteiger partial charge on any atom is -0.271 e. The van der Waals surface area contributed by atoms with Crippen LogP contribution in [0.3, 0.4) is 0 Å². The largest absolute Gasteiger partial charge is 0.271 e. The second-order valence-corrected chi connectivity index (χ2v) is 6.20. The molecule has 92 valence electrons. The fourth-order valence-electron chi connectivity index (χ4n) is 1.83. The number of hydrazine groups is 1. The van der Waals surface area contributed by atoms with E-state index in [9.17, 15) is 0 Å². The Balaban J connectivity index is 2.77. The van der Waals surface area contributed by atoms with Crippen molar-refractivity contribution < 1.29 is 0 Å². The van der Waals surface area contributed by atoms with E-state index in [-0.39, 0.29) is 6.04 Å². The summed E-state index contributed by atoms with van der Waals surface area (Å²) < 4.78 is 1.45. The van der Waals surface area contributed by atoms with E-state index < -0.39 is 0 Å². The average Bonchev–Trinajstić information content (AvgIpc) is 2.60. The molecule has 0 saturated heterocycles. The standard InChI is InChI=1S/C11H18Cl2N2S/c1-3-7(4-2)5-9(15-14)8-6-10(12)16-11(8)13/h6-7,9,15H,3-5,14H2,1-2H3. The Morgan fingerprint density at radius 2 is 2.00 bits per heavy atom. The molecule has 0 aliphatic heterocycles. The summed E-state index contributed by atoms with van der Waals surface area (Å²) in [5, 5.41) is 0. The average molecular weight is 281 g/mol. The van der Waals surface area contributed by atoms with Crippen molar-refractivity contribution in [1.29, 1.82) is 0 Å². The van der Waals surface area contributed by atoms with Gasteiger partial charge in [-0.15, -0.1) is 11.3 Å². The van der Waals surface area contributed by atoms with Crippen molar-refractivity contribution in [2.45, 2.75) is 39.2 Å². The molecule has 0 bridgehead atoms. The monoisotopic (exact) mass is 280 g/mol. The second kappa shape index (κ2) is 6.82. The van der Waals surface area contributed by atoms with Gasteiger partial charge < -0.3 is 0 Å². The van der Waals surface area contributed by atoms with Gasteiger partial charge in [-0.05, 0) is 18.4 Å². The van der Waals surface area contributed by atoms with Crippen molar-refractivity contribution in [1.82, 2.24) is 5.43 Å². The first-order chi connectivity index (χ1) is 7.62. The van der Waals surface area contributed by atoms with E-state index in [2.05, 4.69) is 19.3 Å². The molecule has 1 aromatic heterocycles. The van der Waals surface area contributed by atoms with Crippen LogP contribution in [-0.2, 0) is 0 Å². The number of halogens is 2. The quantitative estimate of drug-likeness (QED) is 0.599. The van der Waals surface area contributed by atoms with Gasteiger partial charge in [-0.2, -0.15) is 0 Å². The first kappa shape index (κ1) is 14.3. The summed E-state index contributed by atoms with van der Waals surface area (Å²) >= 11 is 13.5. The van der Waals surface area contributed by atoms with Crippen LogP contribution in [0.5, 0.6) is 0 Å². The van der Waals surface area contributed by atoms with E-state index in [1.54, 1.807) is 0 Å². The number of hydrogen-bond acceptors (Lipinski definition) is 3. The van der Waals surface area contributed by atoms with Crippen molar-refractivity contribution in [2.75, 3.05) is 0 Å². The van der Waals surface area contributed by atoms with Gasteiger partial charge >= 0.3 is 0 Å². The molecule has 0 aromatic carbocycles. The van der Waals surface area contributed by atoms with Gasteiger partial charge in [-0.1, -0.05) is 49.9 Å². The Morgan fingerprint density at radius 1 is 1.38 bits per heavy atom. The summed E-state index contributed by atoms with van der Waals surface area (Å²) in [5.74, 6) is 6.26. The predicted octanol–water partition coefficient (Wildman–Crippen LogP) is 4.39. The van der Waals surface area contributed by atoms with Gasteiger partial charge in [0.15, 0.2) is 0 Å². The van der Waals surface area contributed by atoms with Crippen LogP contribution in [0.4, 0.5) is 0 Å². The van der Waals surface area contributed by atoms with Crippen molar-refractivity contribution >= 4 is 34.5 Å². The molecule has 16 heavy (non-hydrogen) atoms. The molecule has 1 rings (SSSR count). The Hall–Kier alpha value is 0.200. The zero-order valence-electron chi connectivity index (χ0n) is 9.59. The highest BCUT2D eigenvalue weighted by Gasteiger charge is 2.19. The van der Waals surface area contributed by atoms with Gasteiger partial charge in [0.1, 0.15) is 0 Å². The maximum absolute atomic E-state index is 6.13. The highest BCUT2D eigenvalue weighted by Crippen LogP contribution is 2.37. The lowest BCUT2D eigenvalue weighted by atomic mass is 9.92. The number of nitrogens with two attached hydrogens (primary N) is 1. The van der Waals surface area contributed by atoms with Crippen LogP contribution in [0.15, 0.2) is 6.07 Å². The van der Waals surface area contributed by atoms with Crippen LogP contribution < -0.4 is 11.3 Å². The molecular formula is C11H18Cl2N2S. The SMILES string of the molecule is CCC(CC)CC(NN)c1cc(Cl)sc1Cl. The number of nitrogens with one attached hydrogen (secondary N) is 1. The van der Waals surface area contributed by atoms with Gasteiger partial charge in [0.25, 0.3) is 0 Å². The second-order valence-electron chi connectivity index (χ2n) is 3.92. The lowest BCUT2D eigenvalue weighted by Gasteiger charge is -2.20. The van der Waals surface area contributed by atoms with Crippen LogP contribution in [-0.4, -0.2) is 0 Å².